The summed E-state index contributed by atoms with van der Waals surface area (Å²) in [6.45, 7) is 4.50. The first-order valence-corrected chi connectivity index (χ1v) is 7.04. The van der Waals surface area contributed by atoms with Crippen molar-refractivity contribution < 1.29 is 0 Å². The Kier molecular flexibility index (Phi) is 3.27. The minimum Gasteiger partial charge on any atom is -0.302 e. The first-order valence-electron chi connectivity index (χ1n) is 6.66. The molecule has 2 aromatic heterocycles. The number of halogens is 1. The molecule has 0 saturated carbocycles. The number of imidazole rings is 1. The number of aromatic nitrogens is 2. The first-order chi connectivity index (χ1) is 8.79. The second-order valence-corrected chi connectivity index (χ2v) is 5.33. The van der Waals surface area contributed by atoms with Crippen LogP contribution in [0.4, 0.5) is 0 Å². The van der Waals surface area contributed by atoms with Crippen molar-refractivity contribution in [2.45, 2.75) is 32.2 Å². The van der Waals surface area contributed by atoms with Crippen molar-refractivity contribution in [3.8, 4) is 0 Å². The number of likely N-dealkylation sites (tertiary alicyclic amines) is 1. The predicted octanol–water partition coefficient (Wildman–Crippen LogP) is 3.53. The zero-order valence-corrected chi connectivity index (χ0v) is 11.4. The molecule has 3 rings (SSSR count). The third-order valence-corrected chi connectivity index (χ3v) is 4.08. The van der Waals surface area contributed by atoms with Gasteiger partial charge >= 0.3 is 0 Å². The molecular weight excluding hydrogens is 246 g/mol. The van der Waals surface area contributed by atoms with E-state index in [4.69, 9.17) is 11.6 Å². The minimum atomic E-state index is 0.451. The fourth-order valence-electron chi connectivity index (χ4n) is 2.90. The van der Waals surface area contributed by atoms with E-state index in [0.717, 1.165) is 22.9 Å². The highest BCUT2D eigenvalue weighted by Gasteiger charge is 2.25. The molecule has 0 bridgehead atoms. The maximum absolute atomic E-state index is 6.02. The van der Waals surface area contributed by atoms with Crippen LogP contribution in [0.1, 0.15) is 38.1 Å². The highest BCUT2D eigenvalue weighted by Crippen LogP contribution is 2.30. The Morgan fingerprint density at radius 1 is 1.44 bits per heavy atom. The van der Waals surface area contributed by atoms with Crippen LogP contribution in [0.5, 0.6) is 0 Å². The normalized spacial score (nSPS) is 21.6. The average molecular weight is 264 g/mol. The molecule has 0 N–H and O–H groups in total. The molecule has 96 valence electrons. The summed E-state index contributed by atoms with van der Waals surface area (Å²) in [4.78, 5) is 7.14. The standard InChI is InChI=1S/C14H18ClN3/c1-2-17-7-4-3-5-13(17)14-16-10-12-9-11(15)6-8-18(12)14/h6,8-10,13H,2-5,7H2,1H3. The van der Waals surface area contributed by atoms with Crippen LogP contribution in [0.2, 0.25) is 5.02 Å². The number of rotatable bonds is 2. The molecule has 3 nitrogen and oxygen atoms in total. The van der Waals surface area contributed by atoms with E-state index in [9.17, 15) is 0 Å². The smallest absolute Gasteiger partial charge is 0.130 e. The van der Waals surface area contributed by atoms with Crippen molar-refractivity contribution in [1.29, 1.82) is 0 Å². The lowest BCUT2D eigenvalue weighted by atomic mass is 10.0. The molecule has 0 amide bonds. The molecule has 1 fully saturated rings. The summed E-state index contributed by atoms with van der Waals surface area (Å²) >= 11 is 6.02. The molecule has 1 atom stereocenters. The van der Waals surface area contributed by atoms with E-state index >= 15 is 0 Å². The summed E-state index contributed by atoms with van der Waals surface area (Å²) in [5.74, 6) is 1.16. The van der Waals surface area contributed by atoms with Gasteiger partial charge in [-0.25, -0.2) is 4.98 Å². The Bertz CT molecular complexity index is 549. The molecule has 1 saturated heterocycles. The van der Waals surface area contributed by atoms with E-state index in [1.807, 2.05) is 24.5 Å². The Morgan fingerprint density at radius 2 is 2.33 bits per heavy atom. The summed E-state index contributed by atoms with van der Waals surface area (Å²) in [7, 11) is 0. The summed E-state index contributed by atoms with van der Waals surface area (Å²) in [6.07, 6.45) is 7.75. The van der Waals surface area contributed by atoms with E-state index in [1.165, 1.54) is 25.8 Å². The molecule has 3 heterocycles. The van der Waals surface area contributed by atoms with Crippen LogP contribution in [0.3, 0.4) is 0 Å². The van der Waals surface area contributed by atoms with Crippen LogP contribution in [-0.2, 0) is 0 Å². The molecular formula is C14H18ClN3. The molecule has 0 spiro atoms. The van der Waals surface area contributed by atoms with Crippen molar-refractivity contribution in [1.82, 2.24) is 14.3 Å². The molecule has 2 aromatic rings. The van der Waals surface area contributed by atoms with Crippen LogP contribution in [0.25, 0.3) is 5.52 Å². The number of hydrogen-bond acceptors (Lipinski definition) is 2. The third kappa shape index (κ3) is 2.02. The van der Waals surface area contributed by atoms with Crippen LogP contribution < -0.4 is 0 Å². The number of piperidine rings is 1. The molecule has 1 aliphatic heterocycles. The quantitative estimate of drug-likeness (QED) is 0.826. The fourth-order valence-corrected chi connectivity index (χ4v) is 3.07. The van der Waals surface area contributed by atoms with Crippen LogP contribution >= 0.6 is 11.6 Å². The van der Waals surface area contributed by atoms with Crippen LogP contribution in [0.15, 0.2) is 24.5 Å². The predicted molar refractivity (Wildman–Crippen MR) is 74.0 cm³/mol. The van der Waals surface area contributed by atoms with Gasteiger partial charge in [0.05, 0.1) is 17.8 Å². The van der Waals surface area contributed by atoms with Gasteiger partial charge in [0.25, 0.3) is 0 Å². The molecule has 0 aromatic carbocycles. The molecule has 1 aliphatic rings. The Hall–Kier alpha value is -1.06. The zero-order chi connectivity index (χ0) is 12.5. The molecule has 4 heteroatoms. The monoisotopic (exact) mass is 263 g/mol. The van der Waals surface area contributed by atoms with Crippen molar-refractivity contribution in [2.24, 2.45) is 0 Å². The zero-order valence-electron chi connectivity index (χ0n) is 10.6. The lowest BCUT2D eigenvalue weighted by molar-refractivity contribution is 0.149. The topological polar surface area (TPSA) is 20.5 Å². The van der Waals surface area contributed by atoms with Gasteiger partial charge in [-0.2, -0.15) is 0 Å². The van der Waals surface area contributed by atoms with Gasteiger partial charge in [0, 0.05) is 11.2 Å². The number of fused-ring (bicyclic) bond motifs is 1. The maximum Gasteiger partial charge on any atom is 0.130 e. The van der Waals surface area contributed by atoms with E-state index < -0.39 is 0 Å². The van der Waals surface area contributed by atoms with Gasteiger partial charge in [0.1, 0.15) is 5.82 Å². The van der Waals surface area contributed by atoms with E-state index in [0.29, 0.717) is 6.04 Å². The number of pyridine rings is 1. The highest BCUT2D eigenvalue weighted by molar-refractivity contribution is 6.30. The van der Waals surface area contributed by atoms with Gasteiger partial charge in [-0.05, 0) is 38.1 Å². The molecule has 0 radical (unpaired) electrons. The van der Waals surface area contributed by atoms with Crippen molar-refractivity contribution in [3.05, 3.63) is 35.4 Å². The van der Waals surface area contributed by atoms with Crippen molar-refractivity contribution in [3.63, 3.8) is 0 Å². The largest absolute Gasteiger partial charge is 0.302 e. The summed E-state index contributed by atoms with van der Waals surface area (Å²) < 4.78 is 2.17. The summed E-state index contributed by atoms with van der Waals surface area (Å²) in [5.41, 5.74) is 1.08. The molecule has 18 heavy (non-hydrogen) atoms. The van der Waals surface area contributed by atoms with Crippen molar-refractivity contribution in [2.75, 3.05) is 13.1 Å². The second kappa shape index (κ2) is 4.90. The van der Waals surface area contributed by atoms with E-state index in [-0.39, 0.29) is 0 Å². The van der Waals surface area contributed by atoms with Gasteiger partial charge in [-0.15, -0.1) is 0 Å². The van der Waals surface area contributed by atoms with Gasteiger partial charge in [-0.3, -0.25) is 4.90 Å². The van der Waals surface area contributed by atoms with Gasteiger partial charge < -0.3 is 4.40 Å². The fraction of sp³-hybridized carbons (Fsp3) is 0.500. The second-order valence-electron chi connectivity index (χ2n) is 4.90. The van der Waals surface area contributed by atoms with Gasteiger partial charge in [-0.1, -0.05) is 24.9 Å². The van der Waals surface area contributed by atoms with Gasteiger partial charge in [0.15, 0.2) is 0 Å². The lowest BCUT2D eigenvalue weighted by Gasteiger charge is -2.33. The van der Waals surface area contributed by atoms with Gasteiger partial charge in [0.2, 0.25) is 0 Å². The summed E-state index contributed by atoms with van der Waals surface area (Å²) in [6, 6.07) is 4.35. The molecule has 0 aliphatic carbocycles. The molecule has 1 unspecified atom stereocenters. The Morgan fingerprint density at radius 3 is 3.17 bits per heavy atom. The number of nitrogens with zero attached hydrogens (tertiary/aromatic N) is 3. The lowest BCUT2D eigenvalue weighted by Crippen LogP contribution is -2.34. The third-order valence-electron chi connectivity index (χ3n) is 3.84. The minimum absolute atomic E-state index is 0.451. The first kappa shape index (κ1) is 12.0. The summed E-state index contributed by atoms with van der Waals surface area (Å²) in [5, 5.41) is 0.768. The maximum atomic E-state index is 6.02. The van der Waals surface area contributed by atoms with E-state index in [2.05, 4.69) is 21.2 Å². The average Bonchev–Trinajstić information content (AvgIpc) is 2.81. The van der Waals surface area contributed by atoms with Crippen LogP contribution in [-0.4, -0.2) is 27.4 Å². The van der Waals surface area contributed by atoms with E-state index in [1.54, 1.807) is 0 Å². The Labute approximate surface area is 112 Å². The highest BCUT2D eigenvalue weighted by atomic mass is 35.5. The Balaban J connectivity index is 2.02. The number of hydrogen-bond donors (Lipinski definition) is 0. The van der Waals surface area contributed by atoms with Crippen molar-refractivity contribution >= 4 is 17.1 Å². The SMILES string of the molecule is CCN1CCCCC1c1ncc2cc(Cl)ccn12. The van der Waals surface area contributed by atoms with Crippen LogP contribution in [0, 0.1) is 0 Å².